The largest absolute Gasteiger partial charge is 0.493 e. The third kappa shape index (κ3) is 9.00. The first-order valence-electron chi connectivity index (χ1n) is 13.6. The molecule has 0 aromatic heterocycles. The minimum atomic E-state index is -5.29. The lowest BCUT2D eigenvalue weighted by Crippen LogP contribution is -2.36. The summed E-state index contributed by atoms with van der Waals surface area (Å²) < 4.78 is 43.3. The van der Waals surface area contributed by atoms with E-state index in [0.717, 1.165) is 23.0 Å². The lowest BCUT2D eigenvalue weighted by atomic mass is 10.0. The molecule has 232 valence electrons. The zero-order valence-electron chi connectivity index (χ0n) is 23.8. The molecule has 0 saturated carbocycles. The number of nitrogens with two attached hydrogens (primary N) is 1. The van der Waals surface area contributed by atoms with E-state index in [9.17, 15) is 32.3 Å². The zero-order chi connectivity index (χ0) is 32.4. The van der Waals surface area contributed by atoms with Crippen LogP contribution in [0.3, 0.4) is 0 Å². The highest BCUT2D eigenvalue weighted by atomic mass is 19.4. The van der Waals surface area contributed by atoms with Crippen molar-refractivity contribution in [3.05, 3.63) is 114 Å². The first-order chi connectivity index (χ1) is 21.6. The van der Waals surface area contributed by atoms with Gasteiger partial charge in [-0.3, -0.25) is 14.4 Å². The summed E-state index contributed by atoms with van der Waals surface area (Å²) in [6.45, 7) is 0.334. The number of ether oxygens (including phenoxy) is 1. The van der Waals surface area contributed by atoms with Crippen LogP contribution in [0, 0.1) is 0 Å². The number of nitrogens with one attached hydrogen (secondary N) is 1. The zero-order valence-corrected chi connectivity index (χ0v) is 23.8. The Morgan fingerprint density at radius 1 is 0.822 bits per heavy atom. The maximum atomic E-state index is 13.6. The number of hydrogen-bond donors (Lipinski definition) is 2. The first-order valence-corrected chi connectivity index (χ1v) is 13.6. The number of benzene rings is 4. The van der Waals surface area contributed by atoms with Gasteiger partial charge in [0.25, 0.3) is 5.91 Å². The van der Waals surface area contributed by atoms with Crippen LogP contribution in [0.15, 0.2) is 97.1 Å². The van der Waals surface area contributed by atoms with Gasteiger partial charge in [0.05, 0.1) is 12.2 Å². The van der Waals surface area contributed by atoms with E-state index >= 15 is 0 Å². The van der Waals surface area contributed by atoms with Crippen LogP contribution in [-0.2, 0) is 32.3 Å². The van der Waals surface area contributed by atoms with Gasteiger partial charge in [-0.1, -0.05) is 66.7 Å². The Morgan fingerprint density at radius 2 is 1.56 bits per heavy atom. The summed E-state index contributed by atoms with van der Waals surface area (Å²) in [4.78, 5) is 52.9. The van der Waals surface area contributed by atoms with E-state index < -0.39 is 36.8 Å². The molecule has 0 radical (unpaired) electrons. The van der Waals surface area contributed by atoms with Crippen LogP contribution in [0.2, 0.25) is 0 Å². The van der Waals surface area contributed by atoms with Crippen molar-refractivity contribution in [3.63, 3.8) is 0 Å². The van der Waals surface area contributed by atoms with E-state index in [-0.39, 0.29) is 6.54 Å². The van der Waals surface area contributed by atoms with Gasteiger partial charge in [-0.15, -0.1) is 0 Å². The number of para-hydroxylation sites is 2. The van der Waals surface area contributed by atoms with Crippen LogP contribution in [0.25, 0.3) is 11.1 Å². The van der Waals surface area contributed by atoms with Crippen LogP contribution < -0.4 is 20.9 Å². The molecule has 2 amide bonds. The maximum absolute atomic E-state index is 13.6. The number of anilines is 1. The number of hydrogen-bond acceptors (Lipinski definition) is 7. The van der Waals surface area contributed by atoms with Crippen LogP contribution in [-0.4, -0.2) is 30.2 Å². The van der Waals surface area contributed by atoms with Gasteiger partial charge in [-0.05, 0) is 52.6 Å². The highest BCUT2D eigenvalue weighted by Crippen LogP contribution is 2.34. The second-order valence-electron chi connectivity index (χ2n) is 9.75. The highest BCUT2D eigenvalue weighted by molar-refractivity contribution is 5.96. The minimum absolute atomic E-state index is 0.0430. The third-order valence-corrected chi connectivity index (χ3v) is 6.52. The summed E-state index contributed by atoms with van der Waals surface area (Å²) in [5.74, 6) is -3.43. The minimum Gasteiger partial charge on any atom is -0.455 e. The summed E-state index contributed by atoms with van der Waals surface area (Å²) in [5.41, 5.74) is 11.3. The van der Waals surface area contributed by atoms with Crippen molar-refractivity contribution in [2.24, 2.45) is 5.73 Å². The van der Waals surface area contributed by atoms with Gasteiger partial charge in [0.2, 0.25) is 5.91 Å². The Morgan fingerprint density at radius 3 is 2.27 bits per heavy atom. The van der Waals surface area contributed by atoms with Gasteiger partial charge >= 0.3 is 12.1 Å². The normalized spacial score (nSPS) is 10.9. The van der Waals surface area contributed by atoms with E-state index in [1.807, 2.05) is 24.3 Å². The van der Waals surface area contributed by atoms with Crippen molar-refractivity contribution in [2.75, 3.05) is 4.90 Å². The Hall–Kier alpha value is -5.49. The summed E-state index contributed by atoms with van der Waals surface area (Å²) >= 11 is 0. The molecule has 0 atom stereocenters. The van der Waals surface area contributed by atoms with Crippen LogP contribution >= 0.6 is 0 Å². The SMILES string of the molecule is NCc1cccc(Oc2ccccc2N(Cc2ccc(-c3cccc(C=O)c3)cc2)C(=O)CCC(=O)NOC(=O)C(F)(F)F)c1. The molecular formula is C33H28F3N3O6. The van der Waals surface area contributed by atoms with Gasteiger partial charge in [0.15, 0.2) is 5.75 Å². The monoisotopic (exact) mass is 619 g/mol. The van der Waals surface area contributed by atoms with E-state index in [4.69, 9.17) is 10.5 Å². The second kappa shape index (κ2) is 14.8. The van der Waals surface area contributed by atoms with Crippen LogP contribution in [0.4, 0.5) is 18.9 Å². The van der Waals surface area contributed by atoms with E-state index in [0.29, 0.717) is 34.9 Å². The van der Waals surface area contributed by atoms with Crippen LogP contribution in [0.1, 0.15) is 34.3 Å². The highest BCUT2D eigenvalue weighted by Gasteiger charge is 2.42. The van der Waals surface area contributed by atoms with Crippen molar-refractivity contribution < 1.29 is 41.9 Å². The molecule has 0 heterocycles. The molecule has 0 bridgehead atoms. The number of nitrogens with zero attached hydrogens (tertiary/aromatic N) is 1. The molecule has 0 aliphatic rings. The van der Waals surface area contributed by atoms with E-state index in [1.54, 1.807) is 72.8 Å². The average Bonchev–Trinajstić information content (AvgIpc) is 3.05. The number of carbonyl (C=O) groups excluding carboxylic acids is 4. The third-order valence-electron chi connectivity index (χ3n) is 6.52. The number of alkyl halides is 3. The maximum Gasteiger partial charge on any atom is 0.493 e. The molecule has 3 N–H and O–H groups in total. The molecule has 9 nitrogen and oxygen atoms in total. The van der Waals surface area contributed by atoms with E-state index in [1.165, 1.54) is 10.4 Å². The number of rotatable bonds is 11. The van der Waals surface area contributed by atoms with Gasteiger partial charge in [-0.25, -0.2) is 4.79 Å². The average molecular weight is 620 g/mol. The standard InChI is InChI=1S/C33H28F3N3O6/c34-33(35,36)32(43)45-38-30(41)15-16-31(42)39(20-22-11-13-25(14-12-22)26-7-3-6-24(17-26)21-40)28-9-1-2-10-29(28)44-27-8-4-5-23(18-27)19-37/h1-14,17-18,21H,15-16,19-20,37H2,(H,38,41). The molecule has 4 rings (SSSR count). The number of hydroxylamine groups is 1. The summed E-state index contributed by atoms with van der Waals surface area (Å²) in [5, 5.41) is 0. The lowest BCUT2D eigenvalue weighted by molar-refractivity contribution is -0.207. The fraction of sp³-hybridized carbons (Fsp3) is 0.152. The molecule has 0 spiro atoms. The molecule has 4 aromatic carbocycles. The smallest absolute Gasteiger partial charge is 0.455 e. The van der Waals surface area contributed by atoms with E-state index in [2.05, 4.69) is 4.84 Å². The van der Waals surface area contributed by atoms with Crippen molar-refractivity contribution in [1.29, 1.82) is 0 Å². The molecule has 4 aromatic rings. The molecule has 0 saturated heterocycles. The Kier molecular flexibility index (Phi) is 10.7. The Bertz CT molecular complexity index is 1680. The number of carbonyl (C=O) groups is 4. The van der Waals surface area contributed by atoms with Crippen molar-refractivity contribution in [2.45, 2.75) is 32.1 Å². The Balaban J connectivity index is 1.58. The molecule has 12 heteroatoms. The van der Waals surface area contributed by atoms with Crippen LogP contribution in [0.5, 0.6) is 11.5 Å². The molecule has 0 aliphatic carbocycles. The number of halogens is 3. The predicted molar refractivity (Wildman–Crippen MR) is 159 cm³/mol. The lowest BCUT2D eigenvalue weighted by Gasteiger charge is -2.25. The Labute approximate surface area is 256 Å². The molecule has 0 fully saturated rings. The fourth-order valence-electron chi connectivity index (χ4n) is 4.28. The molecule has 45 heavy (non-hydrogen) atoms. The summed E-state index contributed by atoms with van der Waals surface area (Å²) in [6, 6.07) is 28.2. The number of aldehydes is 1. The topological polar surface area (TPSA) is 128 Å². The summed E-state index contributed by atoms with van der Waals surface area (Å²) in [6.07, 6.45) is -5.52. The van der Waals surface area contributed by atoms with Gasteiger partial charge in [-0.2, -0.15) is 18.7 Å². The van der Waals surface area contributed by atoms with Crippen molar-refractivity contribution in [1.82, 2.24) is 5.48 Å². The van der Waals surface area contributed by atoms with Gasteiger partial charge in [0, 0.05) is 24.9 Å². The van der Waals surface area contributed by atoms with Crippen molar-refractivity contribution >= 4 is 29.8 Å². The van der Waals surface area contributed by atoms with Crippen molar-refractivity contribution in [3.8, 4) is 22.6 Å². The molecule has 0 aliphatic heterocycles. The molecular weight excluding hydrogens is 591 g/mol. The second-order valence-corrected chi connectivity index (χ2v) is 9.75. The molecule has 0 unspecified atom stereocenters. The van der Waals surface area contributed by atoms with Gasteiger partial charge in [0.1, 0.15) is 12.0 Å². The predicted octanol–water partition coefficient (Wildman–Crippen LogP) is 5.87. The first kappa shape index (κ1) is 32.4. The summed E-state index contributed by atoms with van der Waals surface area (Å²) in [7, 11) is 0. The fourth-order valence-corrected chi connectivity index (χ4v) is 4.28. The van der Waals surface area contributed by atoms with Gasteiger partial charge < -0.3 is 20.2 Å². The number of amides is 2. The quantitative estimate of drug-likeness (QED) is 0.159.